The van der Waals surface area contributed by atoms with Gasteiger partial charge in [-0.3, -0.25) is 19.9 Å². The Morgan fingerprint density at radius 2 is 0.939 bits per heavy atom. The van der Waals surface area contributed by atoms with Gasteiger partial charge in [-0.1, -0.05) is 34.6 Å². The van der Waals surface area contributed by atoms with E-state index in [1.54, 1.807) is 61.2 Å². The highest BCUT2D eigenvalue weighted by molar-refractivity contribution is 5.89. The lowest BCUT2D eigenvalue weighted by molar-refractivity contribution is 0.117. The van der Waals surface area contributed by atoms with Crippen molar-refractivity contribution in [3.63, 3.8) is 0 Å². The minimum Gasteiger partial charge on any atom is -0.373 e. The Morgan fingerprint density at radius 3 is 1.30 bits per heavy atom. The van der Waals surface area contributed by atoms with Gasteiger partial charge < -0.3 is 24.1 Å². The molecule has 2 aliphatic rings. The van der Waals surface area contributed by atoms with Crippen molar-refractivity contribution in [3.8, 4) is 22.3 Å². The normalized spacial score (nSPS) is 14.2. The van der Waals surface area contributed by atoms with Crippen molar-refractivity contribution in [2.45, 2.75) is 76.5 Å². The van der Waals surface area contributed by atoms with Crippen molar-refractivity contribution < 1.29 is 18.5 Å². The van der Waals surface area contributed by atoms with Crippen LogP contribution in [-0.2, 0) is 11.3 Å². The molecule has 8 heterocycles. The van der Waals surface area contributed by atoms with E-state index >= 15 is 4.39 Å². The Balaban J connectivity index is 0.000000146. The van der Waals surface area contributed by atoms with E-state index in [2.05, 4.69) is 46.3 Å². The number of fused-ring (bicyclic) bond motifs is 2. The standard InChI is InChI=1S/C26H22FN5O.C26H23N5O2/c1-15-23(16(2)33-32-15)18-13-19(24-20(14-18)30-25(31-24)17-9-10-17)26(27,21-7-3-5-11-28-21)22-8-4-6-12-29-22;1-15-23(16(2)33-31-15)18-13-19(24-20(14-18)29-25(30-24)17-9-10-17)26(32,21-7-3-5-11-27-21)22-8-4-6-12-28-22/h3-8,11-14,17H,9-10H2,1-2H3,(H,30,31);3-8,11-14,17,32H,9-10H2,1-2H3,(H,29,30). The quantitative estimate of drug-likeness (QED) is 0.119. The van der Waals surface area contributed by atoms with Gasteiger partial charge in [0.15, 0.2) is 5.60 Å². The fraction of sp³-hybridized carbons (Fsp3) is 0.231. The molecule has 0 saturated heterocycles. The largest absolute Gasteiger partial charge is 0.373 e. The lowest BCUT2D eigenvalue weighted by Gasteiger charge is -2.28. The van der Waals surface area contributed by atoms with Crippen LogP contribution >= 0.6 is 0 Å². The summed E-state index contributed by atoms with van der Waals surface area (Å²) in [5.41, 5.74) is 6.74. The number of hydrogen-bond acceptors (Lipinski definition) is 11. The molecule has 0 atom stereocenters. The van der Waals surface area contributed by atoms with Crippen molar-refractivity contribution in [1.82, 2.24) is 50.2 Å². The van der Waals surface area contributed by atoms with Crippen LogP contribution in [0.3, 0.4) is 0 Å². The first-order valence-electron chi connectivity index (χ1n) is 22.1. The highest BCUT2D eigenvalue weighted by Gasteiger charge is 2.43. The zero-order valence-electron chi connectivity index (χ0n) is 36.7. The number of nitrogens with one attached hydrogen (secondary N) is 2. The molecule has 0 radical (unpaired) electrons. The van der Waals surface area contributed by atoms with Crippen LogP contribution in [0, 0.1) is 27.7 Å². The summed E-state index contributed by atoms with van der Waals surface area (Å²) in [6, 6.07) is 29.4. The molecule has 0 bridgehead atoms. The Morgan fingerprint density at radius 1 is 0.545 bits per heavy atom. The number of aliphatic hydroxyl groups is 1. The van der Waals surface area contributed by atoms with Crippen LogP contribution in [0.4, 0.5) is 4.39 Å². The molecule has 2 saturated carbocycles. The maximum Gasteiger partial charge on any atom is 0.221 e. The van der Waals surface area contributed by atoms with Crippen LogP contribution in [0.15, 0.2) is 131 Å². The number of imidazole rings is 2. The van der Waals surface area contributed by atoms with Crippen molar-refractivity contribution in [2.24, 2.45) is 0 Å². The molecule has 12 rings (SSSR count). The predicted molar refractivity (Wildman–Crippen MR) is 246 cm³/mol. The number of H-pyrrole nitrogens is 2. The summed E-state index contributed by atoms with van der Waals surface area (Å²) in [7, 11) is 0. The van der Waals surface area contributed by atoms with Crippen LogP contribution in [-0.4, -0.2) is 55.3 Å². The zero-order chi connectivity index (χ0) is 45.2. The fourth-order valence-corrected chi connectivity index (χ4v) is 9.09. The summed E-state index contributed by atoms with van der Waals surface area (Å²) in [6.07, 6.45) is 11.0. The molecule has 0 unspecified atom stereocenters. The first-order chi connectivity index (χ1) is 32.1. The number of pyridine rings is 4. The molecular weight excluding hydrogens is 832 g/mol. The highest BCUT2D eigenvalue weighted by Crippen LogP contribution is 2.47. The lowest BCUT2D eigenvalue weighted by Crippen LogP contribution is -2.31. The molecule has 3 N–H and O–H groups in total. The van der Waals surface area contributed by atoms with E-state index in [1.807, 2.05) is 82.3 Å². The van der Waals surface area contributed by atoms with Crippen LogP contribution in [0.5, 0.6) is 0 Å². The number of aromatic nitrogens is 10. The highest BCUT2D eigenvalue weighted by atomic mass is 19.1. The molecule has 2 aromatic carbocycles. The number of nitrogens with zero attached hydrogens (tertiary/aromatic N) is 8. The number of benzene rings is 2. The zero-order valence-corrected chi connectivity index (χ0v) is 36.7. The van der Waals surface area contributed by atoms with E-state index in [0.29, 0.717) is 51.1 Å². The topological polar surface area (TPSA) is 181 Å². The van der Waals surface area contributed by atoms with E-state index in [-0.39, 0.29) is 11.4 Å². The number of aryl methyl sites for hydroxylation is 4. The van der Waals surface area contributed by atoms with E-state index in [9.17, 15) is 5.11 Å². The van der Waals surface area contributed by atoms with Gasteiger partial charge in [-0.15, -0.1) is 0 Å². The van der Waals surface area contributed by atoms with Gasteiger partial charge in [-0.05, 0) is 137 Å². The first kappa shape index (κ1) is 41.0. The summed E-state index contributed by atoms with van der Waals surface area (Å²) in [5.74, 6) is 4.08. The fourth-order valence-electron chi connectivity index (χ4n) is 9.09. The smallest absolute Gasteiger partial charge is 0.221 e. The maximum atomic E-state index is 17.5. The van der Waals surface area contributed by atoms with Crippen LogP contribution < -0.4 is 0 Å². The molecule has 0 aliphatic heterocycles. The minimum atomic E-state index is -2.11. The predicted octanol–water partition coefficient (Wildman–Crippen LogP) is 10.5. The van der Waals surface area contributed by atoms with Crippen molar-refractivity contribution >= 4 is 22.1 Å². The van der Waals surface area contributed by atoms with E-state index < -0.39 is 11.3 Å². The van der Waals surface area contributed by atoms with Gasteiger partial charge in [-0.2, -0.15) is 0 Å². The Labute approximate surface area is 378 Å². The summed E-state index contributed by atoms with van der Waals surface area (Å²) in [6.45, 7) is 7.56. The number of rotatable bonds is 10. The molecule has 66 heavy (non-hydrogen) atoms. The molecule has 10 aromatic rings. The van der Waals surface area contributed by atoms with Gasteiger partial charge in [0.05, 0.1) is 56.2 Å². The average molecular weight is 877 g/mol. The van der Waals surface area contributed by atoms with E-state index in [0.717, 1.165) is 87.8 Å². The second-order valence-electron chi connectivity index (χ2n) is 17.3. The number of halogens is 1. The van der Waals surface area contributed by atoms with Gasteiger partial charge in [0, 0.05) is 58.9 Å². The summed E-state index contributed by atoms with van der Waals surface area (Å²) in [4.78, 5) is 34.6. The van der Waals surface area contributed by atoms with Gasteiger partial charge in [-0.25, -0.2) is 14.4 Å². The Kier molecular flexibility index (Phi) is 9.99. The van der Waals surface area contributed by atoms with Gasteiger partial charge in [0.25, 0.3) is 0 Å². The Hall–Kier alpha value is -7.71. The lowest BCUT2D eigenvalue weighted by atomic mass is 9.83. The minimum absolute atomic E-state index is 0.261. The molecule has 14 heteroatoms. The van der Waals surface area contributed by atoms with Crippen LogP contribution in [0.1, 0.15) is 106 Å². The third kappa shape index (κ3) is 7.04. The molecular formula is C52H45FN10O3. The number of alkyl halides is 1. The van der Waals surface area contributed by atoms with Crippen LogP contribution in [0.25, 0.3) is 44.3 Å². The van der Waals surface area contributed by atoms with E-state index in [1.165, 1.54) is 0 Å². The molecule has 0 spiro atoms. The van der Waals surface area contributed by atoms with E-state index in [4.69, 9.17) is 19.0 Å². The molecule has 8 aromatic heterocycles. The van der Waals surface area contributed by atoms with Gasteiger partial charge >= 0.3 is 0 Å². The molecule has 0 amide bonds. The second kappa shape index (κ2) is 16.1. The van der Waals surface area contributed by atoms with Crippen molar-refractivity contribution in [1.29, 1.82) is 0 Å². The Bertz CT molecular complexity index is 3020. The average Bonchev–Trinajstić information content (AvgIpc) is 4.25. The molecule has 2 fully saturated rings. The summed E-state index contributed by atoms with van der Waals surface area (Å²) >= 11 is 0. The van der Waals surface area contributed by atoms with Crippen molar-refractivity contribution in [3.05, 3.63) is 190 Å². The van der Waals surface area contributed by atoms with Gasteiger partial charge in [0.2, 0.25) is 5.67 Å². The third-order valence-electron chi connectivity index (χ3n) is 12.6. The summed E-state index contributed by atoms with van der Waals surface area (Å²) in [5, 5.41) is 20.7. The third-order valence-corrected chi connectivity index (χ3v) is 12.6. The summed E-state index contributed by atoms with van der Waals surface area (Å²) < 4.78 is 28.4. The molecule has 2 aliphatic carbocycles. The number of hydrogen-bond donors (Lipinski definition) is 3. The molecule has 13 nitrogen and oxygen atoms in total. The monoisotopic (exact) mass is 876 g/mol. The molecule has 328 valence electrons. The SMILES string of the molecule is Cc1noc(C)c1-c1cc(C(F)(c2ccccn2)c2ccccn2)c2nc(C3CC3)[nH]c2c1.Cc1noc(C)c1-c1cc(C(O)(c2ccccn2)c2ccccn2)c2nc(C3CC3)[nH]c2c1. The second-order valence-corrected chi connectivity index (χ2v) is 17.3. The van der Waals surface area contributed by atoms with Gasteiger partial charge in [0.1, 0.15) is 23.2 Å². The van der Waals surface area contributed by atoms with Crippen LogP contribution in [0.2, 0.25) is 0 Å². The maximum absolute atomic E-state index is 17.5. The number of aromatic amines is 2. The van der Waals surface area contributed by atoms with Crippen molar-refractivity contribution in [2.75, 3.05) is 0 Å². The first-order valence-corrected chi connectivity index (χ1v) is 22.1.